The van der Waals surface area contributed by atoms with Gasteiger partial charge in [-0.1, -0.05) is 13.8 Å². The predicted molar refractivity (Wildman–Crippen MR) is 144 cm³/mol. The van der Waals surface area contributed by atoms with Crippen molar-refractivity contribution in [2.75, 3.05) is 0 Å². The van der Waals surface area contributed by atoms with Crippen molar-refractivity contribution >= 4 is 47.8 Å². The van der Waals surface area contributed by atoms with Crippen LogP contribution in [0.25, 0.3) is 0 Å². The first-order valence-electron chi connectivity index (χ1n) is 13.1. The third-order valence-electron chi connectivity index (χ3n) is 5.42. The van der Waals surface area contributed by atoms with Crippen LogP contribution in [0.3, 0.4) is 0 Å². The van der Waals surface area contributed by atoms with Gasteiger partial charge >= 0.3 is 24.1 Å². The minimum absolute atomic E-state index is 0.00273. The second-order valence-electron chi connectivity index (χ2n) is 9.87. The number of hydrogen-bond donors (Lipinski definition) is 8. The highest BCUT2D eigenvalue weighted by Gasteiger charge is 2.38. The number of aromatic nitrogens is 2. The molecule has 8 N–H and O–H groups in total. The van der Waals surface area contributed by atoms with Crippen molar-refractivity contribution in [2.45, 2.75) is 83.2 Å². The molecule has 0 aliphatic carbocycles. The Morgan fingerprint density at radius 2 is 1.42 bits per heavy atom. The first kappa shape index (κ1) is 40.0. The molecular weight excluding hydrogens is 617 g/mol. The van der Waals surface area contributed by atoms with Crippen LogP contribution in [0, 0.1) is 5.92 Å². The number of hydrogen-bond acceptors (Lipinski definition) is 9. The largest absolute Gasteiger partial charge is 0.490 e. The van der Waals surface area contributed by atoms with Crippen LogP contribution in [0.2, 0.25) is 0 Å². The molecule has 0 bridgehead atoms. The average Bonchev–Trinajstić information content (AvgIpc) is 3.41. The van der Waals surface area contributed by atoms with E-state index in [2.05, 4.69) is 31.2 Å². The molecule has 0 saturated carbocycles. The lowest BCUT2D eigenvalue weighted by Crippen LogP contribution is -2.58. The van der Waals surface area contributed by atoms with Crippen molar-refractivity contribution in [2.24, 2.45) is 5.92 Å². The summed E-state index contributed by atoms with van der Waals surface area (Å²) in [7, 11) is 0. The summed E-state index contributed by atoms with van der Waals surface area (Å²) in [5, 5.41) is 34.8. The molecule has 20 heteroatoms. The van der Waals surface area contributed by atoms with Gasteiger partial charge in [-0.3, -0.25) is 28.8 Å². The number of H-pyrrole nitrogens is 1. The molecule has 0 fully saturated rings. The summed E-state index contributed by atoms with van der Waals surface area (Å²) in [6.07, 6.45) is -3.51. The molecule has 0 spiro atoms. The third kappa shape index (κ3) is 17.6. The van der Waals surface area contributed by atoms with Crippen LogP contribution >= 0.6 is 0 Å². The molecule has 0 saturated heterocycles. The summed E-state index contributed by atoms with van der Waals surface area (Å²) in [5.41, 5.74) is 0.417. The second-order valence-corrected chi connectivity index (χ2v) is 9.87. The van der Waals surface area contributed by atoms with Crippen LogP contribution in [-0.2, 0) is 44.8 Å². The van der Waals surface area contributed by atoms with Crippen LogP contribution < -0.4 is 21.3 Å². The number of nitrogens with zero attached hydrogens (tertiary/aromatic N) is 1. The van der Waals surface area contributed by atoms with Crippen molar-refractivity contribution in [1.29, 1.82) is 0 Å². The zero-order chi connectivity index (χ0) is 34.9. The minimum Gasteiger partial charge on any atom is -0.481 e. The molecule has 0 aliphatic heterocycles. The van der Waals surface area contributed by atoms with Crippen molar-refractivity contribution in [3.63, 3.8) is 0 Å². The van der Waals surface area contributed by atoms with Gasteiger partial charge in [0.15, 0.2) is 0 Å². The SMILES string of the molecule is CC(=O)N[C@@H](CC(C)C)C(=O)N[C@@H](CCC(=O)O)C(=O)N[C@@H](Cc1cnc[nH]1)C(=O)N[C@H](C=O)CC(=O)O.O=C(O)C(F)(F)F. The molecular formula is C25H35F3N6O11. The van der Waals surface area contributed by atoms with E-state index in [1.54, 1.807) is 0 Å². The molecule has 0 aliphatic rings. The number of carbonyl (C=O) groups is 8. The molecule has 4 amide bonds. The standard InChI is InChI=1S/C23H34N6O9.C2HF3O2/c1-12(2)6-17(26-13(3)31)23(38)28-16(4-5-19(32)33)21(36)29-18(7-14-9-24-11-25-14)22(37)27-15(10-30)8-20(34)35;3-2(4,5)1(6)7/h9-12,15-18H,4-8H2,1-3H3,(H,24,25)(H,26,31)(H,27,37)(H,28,38)(H,29,36)(H,32,33)(H,34,35);(H,6,7)/t15-,16-,17-,18-;/m0./s1. The predicted octanol–water partition coefficient (Wildman–Crippen LogP) is -0.871. The smallest absolute Gasteiger partial charge is 0.481 e. The van der Waals surface area contributed by atoms with Crippen LogP contribution in [-0.4, -0.2) is 103 Å². The zero-order valence-electron chi connectivity index (χ0n) is 24.3. The van der Waals surface area contributed by atoms with E-state index < -0.39 is 84.7 Å². The Morgan fingerprint density at radius 3 is 1.84 bits per heavy atom. The lowest BCUT2D eigenvalue weighted by atomic mass is 10.0. The maximum absolute atomic E-state index is 13.2. The molecule has 1 rings (SSSR count). The van der Waals surface area contributed by atoms with Gasteiger partial charge in [0.05, 0.1) is 18.8 Å². The Balaban J connectivity index is 0.00000246. The Labute approximate surface area is 253 Å². The second kappa shape index (κ2) is 19.3. The number of aromatic amines is 1. The van der Waals surface area contributed by atoms with Crippen molar-refractivity contribution < 1.29 is 66.8 Å². The van der Waals surface area contributed by atoms with Gasteiger partial charge in [0.1, 0.15) is 24.4 Å². The van der Waals surface area contributed by atoms with Crippen LogP contribution in [0.1, 0.15) is 52.1 Å². The van der Waals surface area contributed by atoms with E-state index in [9.17, 15) is 46.7 Å². The topological polar surface area (TPSA) is 274 Å². The molecule has 1 aromatic heterocycles. The summed E-state index contributed by atoms with van der Waals surface area (Å²) < 4.78 is 31.7. The molecule has 1 aromatic rings. The number of carbonyl (C=O) groups excluding carboxylic acids is 5. The van der Waals surface area contributed by atoms with E-state index in [1.807, 2.05) is 13.8 Å². The summed E-state index contributed by atoms with van der Waals surface area (Å²) >= 11 is 0. The molecule has 0 aromatic carbocycles. The quantitative estimate of drug-likeness (QED) is 0.0954. The highest BCUT2D eigenvalue weighted by Crippen LogP contribution is 2.13. The van der Waals surface area contributed by atoms with Gasteiger partial charge in [0, 0.05) is 31.7 Å². The lowest BCUT2D eigenvalue weighted by molar-refractivity contribution is -0.192. The summed E-state index contributed by atoms with van der Waals surface area (Å²) in [4.78, 5) is 99.3. The van der Waals surface area contributed by atoms with E-state index in [-0.39, 0.29) is 31.5 Å². The van der Waals surface area contributed by atoms with E-state index >= 15 is 0 Å². The average molecular weight is 653 g/mol. The number of imidazole rings is 1. The maximum Gasteiger partial charge on any atom is 0.490 e. The lowest BCUT2D eigenvalue weighted by Gasteiger charge is -2.26. The fourth-order valence-electron chi connectivity index (χ4n) is 3.46. The van der Waals surface area contributed by atoms with E-state index in [0.29, 0.717) is 5.69 Å². The minimum atomic E-state index is -5.08. The summed E-state index contributed by atoms with van der Waals surface area (Å²) in [5.74, 6) is -8.28. The first-order valence-corrected chi connectivity index (χ1v) is 13.1. The molecule has 0 unspecified atom stereocenters. The highest BCUT2D eigenvalue weighted by molar-refractivity contribution is 5.95. The number of rotatable bonds is 17. The van der Waals surface area contributed by atoms with E-state index in [0.717, 1.165) is 0 Å². The molecule has 4 atom stereocenters. The number of carboxylic acids is 3. The van der Waals surface area contributed by atoms with Gasteiger partial charge < -0.3 is 46.4 Å². The number of aldehydes is 1. The van der Waals surface area contributed by atoms with Crippen molar-refractivity contribution in [1.82, 2.24) is 31.2 Å². The molecule has 17 nitrogen and oxygen atoms in total. The fourth-order valence-corrected chi connectivity index (χ4v) is 3.46. The molecule has 252 valence electrons. The first-order chi connectivity index (χ1) is 20.8. The van der Waals surface area contributed by atoms with Gasteiger partial charge in [-0.15, -0.1) is 0 Å². The Kier molecular flexibility index (Phi) is 17.1. The molecule has 45 heavy (non-hydrogen) atoms. The zero-order valence-corrected chi connectivity index (χ0v) is 24.3. The summed E-state index contributed by atoms with van der Waals surface area (Å²) in [6.45, 7) is 4.88. The highest BCUT2D eigenvalue weighted by atomic mass is 19.4. The fraction of sp³-hybridized carbons (Fsp3) is 0.560. The van der Waals surface area contributed by atoms with Crippen molar-refractivity contribution in [3.8, 4) is 0 Å². The monoisotopic (exact) mass is 652 g/mol. The van der Waals surface area contributed by atoms with Crippen LogP contribution in [0.5, 0.6) is 0 Å². The summed E-state index contributed by atoms with van der Waals surface area (Å²) in [6, 6.07) is -5.08. The number of halogens is 3. The van der Waals surface area contributed by atoms with Gasteiger partial charge in [0.2, 0.25) is 23.6 Å². The maximum atomic E-state index is 13.2. The Bertz CT molecular complexity index is 1190. The number of nitrogens with one attached hydrogen (secondary N) is 5. The number of aliphatic carboxylic acids is 3. The Hall–Kier alpha value is -5.04. The molecule has 0 radical (unpaired) electrons. The number of amides is 4. The normalized spacial score (nSPS) is 13.5. The van der Waals surface area contributed by atoms with E-state index in [4.69, 9.17) is 20.1 Å². The van der Waals surface area contributed by atoms with Gasteiger partial charge in [-0.2, -0.15) is 13.2 Å². The van der Waals surface area contributed by atoms with Crippen molar-refractivity contribution in [3.05, 3.63) is 18.2 Å². The van der Waals surface area contributed by atoms with Gasteiger partial charge in [0.25, 0.3) is 0 Å². The van der Waals surface area contributed by atoms with Crippen LogP contribution in [0.15, 0.2) is 12.5 Å². The molecule has 1 heterocycles. The van der Waals surface area contributed by atoms with Gasteiger partial charge in [-0.25, -0.2) is 9.78 Å². The Morgan fingerprint density at radius 1 is 0.889 bits per heavy atom. The van der Waals surface area contributed by atoms with Crippen LogP contribution in [0.4, 0.5) is 13.2 Å². The van der Waals surface area contributed by atoms with E-state index in [1.165, 1.54) is 19.4 Å². The number of carboxylic acid groups (broad SMARTS) is 3. The van der Waals surface area contributed by atoms with Gasteiger partial charge in [-0.05, 0) is 18.8 Å². The third-order valence-corrected chi connectivity index (χ3v) is 5.42. The number of alkyl halides is 3.